The number of hydrogen-bond donors (Lipinski definition) is 0. The molecule has 0 aromatic heterocycles. The molecule has 0 bridgehead atoms. The van der Waals surface area contributed by atoms with Crippen molar-refractivity contribution in [3.05, 3.63) is 84.9 Å². The number of ether oxygens (including phenoxy) is 2. The summed E-state index contributed by atoms with van der Waals surface area (Å²) in [5, 5.41) is 0. The van der Waals surface area contributed by atoms with Crippen LogP contribution in [-0.2, 0) is 4.74 Å². The molecular weight excluding hydrogens is 286 g/mol. The first-order chi connectivity index (χ1) is 11.4. The van der Waals surface area contributed by atoms with Crippen molar-refractivity contribution in [3.63, 3.8) is 0 Å². The highest BCUT2D eigenvalue weighted by Gasteiger charge is 2.11. The van der Waals surface area contributed by atoms with E-state index in [1.807, 2.05) is 60.7 Å². The van der Waals surface area contributed by atoms with Gasteiger partial charge in [-0.3, -0.25) is 0 Å². The predicted octanol–water partition coefficient (Wildman–Crippen LogP) is 5.14. The van der Waals surface area contributed by atoms with E-state index in [4.69, 9.17) is 9.47 Å². The molecule has 0 amide bonds. The maximum absolute atomic E-state index is 5.46. The highest BCUT2D eigenvalue weighted by atomic mass is 16.7. The van der Waals surface area contributed by atoms with Gasteiger partial charge >= 0.3 is 0 Å². The second kappa shape index (κ2) is 7.47. The van der Waals surface area contributed by atoms with E-state index in [2.05, 4.69) is 29.2 Å². The van der Waals surface area contributed by atoms with E-state index < -0.39 is 0 Å². The van der Waals surface area contributed by atoms with Gasteiger partial charge in [-0.2, -0.15) is 0 Å². The molecule has 0 aliphatic rings. The minimum Gasteiger partial charge on any atom is -0.468 e. The van der Waals surface area contributed by atoms with Crippen LogP contribution < -0.4 is 9.64 Å². The fourth-order valence-electron chi connectivity index (χ4n) is 2.42. The number of para-hydroxylation sites is 2. The summed E-state index contributed by atoms with van der Waals surface area (Å²) < 4.78 is 10.4. The summed E-state index contributed by atoms with van der Waals surface area (Å²) in [6, 6.07) is 28.6. The van der Waals surface area contributed by atoms with Crippen LogP contribution in [0.3, 0.4) is 0 Å². The molecule has 3 rings (SSSR count). The van der Waals surface area contributed by atoms with Crippen molar-refractivity contribution < 1.29 is 9.47 Å². The van der Waals surface area contributed by atoms with Gasteiger partial charge in [-0.1, -0.05) is 36.4 Å². The Morgan fingerprint density at radius 1 is 0.652 bits per heavy atom. The number of rotatable bonds is 6. The molecule has 0 fully saturated rings. The Balaban J connectivity index is 1.96. The van der Waals surface area contributed by atoms with E-state index in [-0.39, 0.29) is 6.79 Å². The molecule has 0 N–H and O–H groups in total. The number of hydrogen-bond acceptors (Lipinski definition) is 3. The lowest BCUT2D eigenvalue weighted by molar-refractivity contribution is 0.0511. The fraction of sp³-hybridized carbons (Fsp3) is 0.100. The summed E-state index contributed by atoms with van der Waals surface area (Å²) in [7, 11) is 1.61. The summed E-state index contributed by atoms with van der Waals surface area (Å²) in [6.07, 6.45) is 0. The van der Waals surface area contributed by atoms with Crippen LogP contribution in [-0.4, -0.2) is 13.9 Å². The van der Waals surface area contributed by atoms with Gasteiger partial charge in [-0.25, -0.2) is 0 Å². The van der Waals surface area contributed by atoms with Gasteiger partial charge in [-0.05, 0) is 48.5 Å². The van der Waals surface area contributed by atoms with Crippen LogP contribution in [0, 0.1) is 0 Å². The van der Waals surface area contributed by atoms with Gasteiger partial charge in [-0.15, -0.1) is 0 Å². The van der Waals surface area contributed by atoms with Gasteiger partial charge in [0.1, 0.15) is 5.75 Å². The van der Waals surface area contributed by atoms with E-state index in [0.29, 0.717) is 0 Å². The van der Waals surface area contributed by atoms with Crippen LogP contribution >= 0.6 is 0 Å². The van der Waals surface area contributed by atoms with Crippen molar-refractivity contribution in [1.82, 2.24) is 0 Å². The van der Waals surface area contributed by atoms with E-state index in [9.17, 15) is 0 Å². The zero-order chi connectivity index (χ0) is 15.9. The molecule has 3 aromatic rings. The molecule has 0 saturated carbocycles. The Hall–Kier alpha value is -2.78. The molecule has 0 heterocycles. The zero-order valence-corrected chi connectivity index (χ0v) is 13.1. The number of nitrogens with zero attached hydrogens (tertiary/aromatic N) is 1. The lowest BCUT2D eigenvalue weighted by atomic mass is 10.2. The minimum atomic E-state index is 0.250. The first kappa shape index (κ1) is 15.1. The molecule has 116 valence electrons. The van der Waals surface area contributed by atoms with Crippen LogP contribution in [0.4, 0.5) is 17.1 Å². The minimum absolute atomic E-state index is 0.250. The summed E-state index contributed by atoms with van der Waals surface area (Å²) in [6.45, 7) is 0.250. The monoisotopic (exact) mass is 305 g/mol. The molecule has 0 aliphatic carbocycles. The van der Waals surface area contributed by atoms with Gasteiger partial charge < -0.3 is 14.4 Å². The van der Waals surface area contributed by atoms with E-state index >= 15 is 0 Å². The van der Waals surface area contributed by atoms with E-state index in [1.165, 1.54) is 0 Å². The third kappa shape index (κ3) is 3.71. The highest BCUT2D eigenvalue weighted by molar-refractivity contribution is 5.76. The molecule has 0 aliphatic heterocycles. The second-order valence-corrected chi connectivity index (χ2v) is 5.05. The van der Waals surface area contributed by atoms with Crippen molar-refractivity contribution >= 4 is 17.1 Å². The number of anilines is 3. The Labute approximate surface area is 136 Å². The van der Waals surface area contributed by atoms with Gasteiger partial charge in [0.25, 0.3) is 0 Å². The molecule has 3 heteroatoms. The van der Waals surface area contributed by atoms with Crippen molar-refractivity contribution in [1.29, 1.82) is 0 Å². The average molecular weight is 305 g/mol. The first-order valence-electron chi connectivity index (χ1n) is 7.50. The highest BCUT2D eigenvalue weighted by Crippen LogP contribution is 2.34. The Kier molecular flexibility index (Phi) is 4.92. The topological polar surface area (TPSA) is 21.7 Å². The molecule has 3 aromatic carbocycles. The lowest BCUT2D eigenvalue weighted by Crippen LogP contribution is -2.09. The third-order valence-corrected chi connectivity index (χ3v) is 3.47. The van der Waals surface area contributed by atoms with Crippen LogP contribution in [0.2, 0.25) is 0 Å². The van der Waals surface area contributed by atoms with Crippen molar-refractivity contribution in [3.8, 4) is 5.75 Å². The number of benzene rings is 3. The van der Waals surface area contributed by atoms with Crippen LogP contribution in [0.25, 0.3) is 0 Å². The van der Waals surface area contributed by atoms with Gasteiger partial charge in [0.05, 0.1) is 0 Å². The molecule has 0 spiro atoms. The number of methoxy groups -OCH3 is 1. The molecule has 0 unspecified atom stereocenters. The molecular formula is C20H19NO2. The summed E-state index contributed by atoms with van der Waals surface area (Å²) >= 11 is 0. The SMILES string of the molecule is COCOc1ccc(N(c2ccccc2)c2ccccc2)cc1. The maximum Gasteiger partial charge on any atom is 0.188 e. The summed E-state index contributed by atoms with van der Waals surface area (Å²) in [4.78, 5) is 2.21. The Morgan fingerprint density at radius 2 is 1.13 bits per heavy atom. The smallest absolute Gasteiger partial charge is 0.188 e. The first-order valence-corrected chi connectivity index (χ1v) is 7.50. The largest absolute Gasteiger partial charge is 0.468 e. The normalized spacial score (nSPS) is 10.3. The summed E-state index contributed by atoms with van der Waals surface area (Å²) in [5.74, 6) is 0.789. The van der Waals surface area contributed by atoms with Crippen LogP contribution in [0.15, 0.2) is 84.9 Å². The molecule has 0 radical (unpaired) electrons. The summed E-state index contributed by atoms with van der Waals surface area (Å²) in [5.41, 5.74) is 3.31. The van der Waals surface area contributed by atoms with Crippen molar-refractivity contribution in [2.75, 3.05) is 18.8 Å². The average Bonchev–Trinajstić information content (AvgIpc) is 2.63. The third-order valence-electron chi connectivity index (χ3n) is 3.47. The Bertz CT molecular complexity index is 672. The van der Waals surface area contributed by atoms with Gasteiger partial charge in [0.2, 0.25) is 0 Å². The molecule has 0 atom stereocenters. The van der Waals surface area contributed by atoms with Crippen molar-refractivity contribution in [2.45, 2.75) is 0 Å². The van der Waals surface area contributed by atoms with Gasteiger partial charge in [0.15, 0.2) is 6.79 Å². The molecule has 0 saturated heterocycles. The van der Waals surface area contributed by atoms with E-state index in [1.54, 1.807) is 7.11 Å². The van der Waals surface area contributed by atoms with Crippen molar-refractivity contribution in [2.24, 2.45) is 0 Å². The quantitative estimate of drug-likeness (QED) is 0.589. The van der Waals surface area contributed by atoms with Gasteiger partial charge in [0, 0.05) is 24.2 Å². The Morgan fingerprint density at radius 3 is 1.61 bits per heavy atom. The van der Waals surface area contributed by atoms with Crippen LogP contribution in [0.5, 0.6) is 5.75 Å². The fourth-order valence-corrected chi connectivity index (χ4v) is 2.42. The zero-order valence-electron chi connectivity index (χ0n) is 13.1. The lowest BCUT2D eigenvalue weighted by Gasteiger charge is -2.25. The maximum atomic E-state index is 5.46. The standard InChI is InChI=1S/C20H19NO2/c1-22-16-23-20-14-12-19(13-15-20)21(17-8-4-2-5-9-17)18-10-6-3-7-11-18/h2-15H,16H2,1H3. The molecule has 23 heavy (non-hydrogen) atoms. The predicted molar refractivity (Wildman–Crippen MR) is 93.6 cm³/mol. The molecule has 3 nitrogen and oxygen atoms in total. The van der Waals surface area contributed by atoms with Crippen LogP contribution in [0.1, 0.15) is 0 Å². The second-order valence-electron chi connectivity index (χ2n) is 5.05. The van der Waals surface area contributed by atoms with E-state index in [0.717, 1.165) is 22.8 Å².